The van der Waals surface area contributed by atoms with Crippen molar-refractivity contribution in [2.24, 2.45) is 11.8 Å². The molecule has 0 unspecified atom stereocenters. The SMILES string of the molecule is C[C@@H]1C[C@H](C)CN(C(=O)NC[C@H]2OCCc3cn(Cc4ccccc4)nc32)C1. The van der Waals surface area contributed by atoms with Crippen LogP contribution in [-0.4, -0.2) is 47.0 Å². The van der Waals surface area contributed by atoms with Gasteiger partial charge in [0.2, 0.25) is 0 Å². The molecule has 150 valence electrons. The molecule has 1 N–H and O–H groups in total. The number of likely N-dealkylation sites (tertiary alicyclic amines) is 1. The molecule has 1 saturated heterocycles. The normalized spacial score (nSPS) is 24.6. The molecule has 1 fully saturated rings. The van der Waals surface area contributed by atoms with Crippen LogP contribution < -0.4 is 5.32 Å². The Morgan fingerprint density at radius 1 is 1.21 bits per heavy atom. The van der Waals surface area contributed by atoms with Crippen LogP contribution in [0.4, 0.5) is 4.79 Å². The van der Waals surface area contributed by atoms with Crippen LogP contribution in [-0.2, 0) is 17.7 Å². The van der Waals surface area contributed by atoms with Gasteiger partial charge < -0.3 is 15.0 Å². The number of hydrogen-bond donors (Lipinski definition) is 1. The Hall–Kier alpha value is -2.34. The van der Waals surface area contributed by atoms with Crippen LogP contribution in [0.15, 0.2) is 36.5 Å². The Balaban J connectivity index is 1.38. The average molecular weight is 383 g/mol. The lowest BCUT2D eigenvalue weighted by atomic mass is 9.92. The summed E-state index contributed by atoms with van der Waals surface area (Å²) in [5, 5.41) is 7.84. The molecule has 6 nitrogen and oxygen atoms in total. The Morgan fingerprint density at radius 2 is 1.96 bits per heavy atom. The van der Waals surface area contributed by atoms with E-state index >= 15 is 0 Å². The first-order valence-electron chi connectivity index (χ1n) is 10.3. The fourth-order valence-corrected chi connectivity index (χ4v) is 4.46. The van der Waals surface area contributed by atoms with Crippen LogP contribution in [0.5, 0.6) is 0 Å². The molecule has 2 aliphatic rings. The third-order valence-corrected chi connectivity index (χ3v) is 5.65. The van der Waals surface area contributed by atoms with Crippen molar-refractivity contribution in [3.8, 4) is 0 Å². The number of nitrogens with one attached hydrogen (secondary N) is 1. The van der Waals surface area contributed by atoms with Crippen LogP contribution in [0, 0.1) is 11.8 Å². The molecule has 2 aliphatic heterocycles. The topological polar surface area (TPSA) is 59.4 Å². The van der Waals surface area contributed by atoms with Gasteiger partial charge in [0.25, 0.3) is 0 Å². The summed E-state index contributed by atoms with van der Waals surface area (Å²) in [6, 6.07) is 10.3. The first-order valence-corrected chi connectivity index (χ1v) is 10.3. The fourth-order valence-electron chi connectivity index (χ4n) is 4.46. The number of piperidine rings is 1. The number of hydrogen-bond acceptors (Lipinski definition) is 3. The smallest absolute Gasteiger partial charge is 0.317 e. The van der Waals surface area contributed by atoms with Crippen molar-refractivity contribution in [2.45, 2.75) is 39.3 Å². The van der Waals surface area contributed by atoms with Gasteiger partial charge in [0, 0.05) is 19.3 Å². The van der Waals surface area contributed by atoms with Crippen LogP contribution >= 0.6 is 0 Å². The number of rotatable bonds is 4. The molecule has 6 heteroatoms. The van der Waals surface area contributed by atoms with E-state index in [9.17, 15) is 4.79 Å². The number of benzene rings is 1. The molecule has 0 spiro atoms. The highest BCUT2D eigenvalue weighted by Crippen LogP contribution is 2.26. The molecule has 2 amide bonds. The number of carbonyl (C=O) groups is 1. The molecule has 3 heterocycles. The second-order valence-corrected chi connectivity index (χ2v) is 8.37. The molecular weight excluding hydrogens is 352 g/mol. The zero-order chi connectivity index (χ0) is 19.5. The summed E-state index contributed by atoms with van der Waals surface area (Å²) >= 11 is 0. The van der Waals surface area contributed by atoms with Crippen molar-refractivity contribution in [3.63, 3.8) is 0 Å². The Kier molecular flexibility index (Phi) is 5.67. The van der Waals surface area contributed by atoms with Crippen molar-refractivity contribution in [2.75, 3.05) is 26.2 Å². The maximum atomic E-state index is 12.6. The number of ether oxygens (including phenoxy) is 1. The van der Waals surface area contributed by atoms with Gasteiger partial charge in [0.05, 0.1) is 25.4 Å². The van der Waals surface area contributed by atoms with Gasteiger partial charge in [-0.2, -0.15) is 5.10 Å². The minimum absolute atomic E-state index is 0.0119. The molecule has 0 aliphatic carbocycles. The highest BCUT2D eigenvalue weighted by Gasteiger charge is 2.28. The number of aromatic nitrogens is 2. The molecule has 1 aromatic heterocycles. The van der Waals surface area contributed by atoms with E-state index in [-0.39, 0.29) is 12.1 Å². The lowest BCUT2D eigenvalue weighted by molar-refractivity contribution is 0.0394. The maximum absolute atomic E-state index is 12.6. The lowest BCUT2D eigenvalue weighted by Gasteiger charge is -2.35. The van der Waals surface area contributed by atoms with Gasteiger partial charge in [-0.1, -0.05) is 44.2 Å². The largest absolute Gasteiger partial charge is 0.370 e. The summed E-state index contributed by atoms with van der Waals surface area (Å²) in [5.74, 6) is 1.11. The standard InChI is InChI=1S/C22H30N4O2/c1-16-10-17(2)13-25(12-16)22(27)23-11-20-21-19(8-9-28-20)15-26(24-21)14-18-6-4-3-5-7-18/h3-7,15-17,20H,8-14H2,1-2H3,(H,23,27)/t16-,17+,20-/m1/s1. The predicted molar refractivity (Wildman–Crippen MR) is 108 cm³/mol. The van der Waals surface area contributed by atoms with Gasteiger partial charge in [0.15, 0.2) is 0 Å². The van der Waals surface area contributed by atoms with E-state index < -0.39 is 0 Å². The quantitative estimate of drug-likeness (QED) is 0.883. The maximum Gasteiger partial charge on any atom is 0.317 e. The van der Waals surface area contributed by atoms with Crippen molar-refractivity contribution in [3.05, 3.63) is 53.3 Å². The van der Waals surface area contributed by atoms with E-state index in [0.29, 0.717) is 25.0 Å². The Morgan fingerprint density at radius 3 is 2.71 bits per heavy atom. The number of carbonyl (C=O) groups excluding carboxylic acids is 1. The van der Waals surface area contributed by atoms with Crippen LogP contribution in [0.1, 0.15) is 43.2 Å². The molecule has 2 aromatic rings. The van der Waals surface area contributed by atoms with E-state index in [1.165, 1.54) is 17.5 Å². The van der Waals surface area contributed by atoms with Gasteiger partial charge in [-0.15, -0.1) is 0 Å². The van der Waals surface area contributed by atoms with Crippen molar-refractivity contribution in [1.82, 2.24) is 20.0 Å². The summed E-state index contributed by atoms with van der Waals surface area (Å²) in [6.07, 6.45) is 4.01. The highest BCUT2D eigenvalue weighted by molar-refractivity contribution is 5.74. The third-order valence-electron chi connectivity index (χ3n) is 5.65. The van der Waals surface area contributed by atoms with Gasteiger partial charge in [0.1, 0.15) is 6.10 Å². The number of urea groups is 1. The molecule has 4 rings (SSSR count). The minimum atomic E-state index is -0.177. The predicted octanol–water partition coefficient (Wildman–Crippen LogP) is 3.23. The van der Waals surface area contributed by atoms with Gasteiger partial charge in [-0.25, -0.2) is 4.79 Å². The van der Waals surface area contributed by atoms with E-state index in [1.807, 2.05) is 27.8 Å². The second-order valence-electron chi connectivity index (χ2n) is 8.37. The first kappa shape index (κ1) is 19.0. The van der Waals surface area contributed by atoms with Crippen LogP contribution in [0.2, 0.25) is 0 Å². The number of fused-ring (bicyclic) bond motifs is 1. The monoisotopic (exact) mass is 382 g/mol. The van der Waals surface area contributed by atoms with E-state index in [2.05, 4.69) is 37.5 Å². The van der Waals surface area contributed by atoms with Gasteiger partial charge in [-0.05, 0) is 35.8 Å². The van der Waals surface area contributed by atoms with Crippen LogP contribution in [0.3, 0.4) is 0 Å². The van der Waals surface area contributed by atoms with Crippen molar-refractivity contribution in [1.29, 1.82) is 0 Å². The molecule has 28 heavy (non-hydrogen) atoms. The highest BCUT2D eigenvalue weighted by atomic mass is 16.5. The van der Waals surface area contributed by atoms with Crippen molar-refractivity contribution < 1.29 is 9.53 Å². The molecule has 3 atom stereocenters. The lowest BCUT2D eigenvalue weighted by Crippen LogP contribution is -2.48. The average Bonchev–Trinajstić information content (AvgIpc) is 3.09. The fraction of sp³-hybridized carbons (Fsp3) is 0.545. The van der Waals surface area contributed by atoms with Crippen LogP contribution in [0.25, 0.3) is 0 Å². The summed E-state index contributed by atoms with van der Waals surface area (Å²) in [5.41, 5.74) is 3.41. The van der Waals surface area contributed by atoms with Crippen molar-refractivity contribution >= 4 is 6.03 Å². The molecule has 1 aromatic carbocycles. The second kappa shape index (κ2) is 8.35. The molecule has 0 radical (unpaired) electrons. The van der Waals surface area contributed by atoms with E-state index in [4.69, 9.17) is 9.84 Å². The molecular formula is C22H30N4O2. The third kappa shape index (κ3) is 4.38. The summed E-state index contributed by atoms with van der Waals surface area (Å²) < 4.78 is 7.92. The summed E-state index contributed by atoms with van der Waals surface area (Å²) in [6.45, 7) is 7.97. The summed E-state index contributed by atoms with van der Waals surface area (Å²) in [4.78, 5) is 14.6. The van der Waals surface area contributed by atoms with Gasteiger partial charge in [-0.3, -0.25) is 4.68 Å². The minimum Gasteiger partial charge on any atom is -0.370 e. The Labute approximate surface area is 166 Å². The number of nitrogens with zero attached hydrogens (tertiary/aromatic N) is 3. The Bertz CT molecular complexity index is 794. The van der Waals surface area contributed by atoms with E-state index in [1.54, 1.807) is 0 Å². The van der Waals surface area contributed by atoms with E-state index in [0.717, 1.165) is 31.7 Å². The number of amides is 2. The zero-order valence-corrected chi connectivity index (χ0v) is 16.8. The first-order chi connectivity index (χ1) is 13.6. The van der Waals surface area contributed by atoms with Gasteiger partial charge >= 0.3 is 6.03 Å². The molecule has 0 saturated carbocycles. The summed E-state index contributed by atoms with van der Waals surface area (Å²) in [7, 11) is 0. The molecule has 0 bridgehead atoms. The zero-order valence-electron chi connectivity index (χ0n) is 16.8.